The molecule has 116 valence electrons. The van der Waals surface area contributed by atoms with Crippen LogP contribution in [0.3, 0.4) is 0 Å². The van der Waals surface area contributed by atoms with Gasteiger partial charge in [0.1, 0.15) is 0 Å². The molecule has 1 aromatic rings. The molecule has 0 saturated heterocycles. The highest BCUT2D eigenvalue weighted by atomic mass is 16.4. The molecule has 0 bridgehead atoms. The molecule has 3 nitrogen and oxygen atoms in total. The predicted molar refractivity (Wildman–Crippen MR) is 85.4 cm³/mol. The Morgan fingerprint density at radius 3 is 2.52 bits per heavy atom. The van der Waals surface area contributed by atoms with Crippen LogP contribution in [0.2, 0.25) is 0 Å². The zero-order chi connectivity index (χ0) is 15.2. The Hall–Kier alpha value is -1.35. The molecule has 0 aliphatic heterocycles. The Morgan fingerprint density at radius 1 is 1.24 bits per heavy atom. The highest BCUT2D eigenvalue weighted by Gasteiger charge is 2.29. The van der Waals surface area contributed by atoms with Gasteiger partial charge in [-0.05, 0) is 30.2 Å². The third-order valence-electron chi connectivity index (χ3n) is 4.76. The summed E-state index contributed by atoms with van der Waals surface area (Å²) in [6, 6.07) is 10.0. The van der Waals surface area contributed by atoms with E-state index in [0.717, 1.165) is 5.56 Å². The lowest BCUT2D eigenvalue weighted by atomic mass is 9.77. The fourth-order valence-corrected chi connectivity index (χ4v) is 3.51. The molecule has 0 amide bonds. The first-order valence-corrected chi connectivity index (χ1v) is 8.10. The second-order valence-electron chi connectivity index (χ2n) is 6.51. The molecule has 2 rings (SSSR count). The summed E-state index contributed by atoms with van der Waals surface area (Å²) >= 11 is 0. The van der Waals surface area contributed by atoms with Gasteiger partial charge in [0.25, 0.3) is 0 Å². The molecule has 1 fully saturated rings. The number of rotatable bonds is 6. The van der Waals surface area contributed by atoms with Crippen molar-refractivity contribution in [1.29, 1.82) is 0 Å². The summed E-state index contributed by atoms with van der Waals surface area (Å²) in [6.07, 6.45) is 4.99. The predicted octanol–water partition coefficient (Wildman–Crippen LogP) is 3.66. The molecule has 0 spiro atoms. The van der Waals surface area contributed by atoms with E-state index >= 15 is 0 Å². The van der Waals surface area contributed by atoms with Gasteiger partial charge in [-0.25, -0.2) is 0 Å². The zero-order valence-corrected chi connectivity index (χ0v) is 13.1. The van der Waals surface area contributed by atoms with Crippen LogP contribution in [0.25, 0.3) is 0 Å². The summed E-state index contributed by atoms with van der Waals surface area (Å²) in [4.78, 5) is 11.5. The van der Waals surface area contributed by atoms with Gasteiger partial charge in [0, 0.05) is 12.6 Å². The number of carbonyl (C=O) groups is 1. The minimum atomic E-state index is -0.745. The molecule has 0 radical (unpaired) electrons. The second-order valence-corrected chi connectivity index (χ2v) is 6.51. The van der Waals surface area contributed by atoms with Gasteiger partial charge < -0.3 is 10.4 Å². The number of benzene rings is 1. The summed E-state index contributed by atoms with van der Waals surface area (Å²) in [6.45, 7) is 5.07. The van der Waals surface area contributed by atoms with E-state index in [1.807, 2.05) is 30.3 Å². The zero-order valence-electron chi connectivity index (χ0n) is 13.1. The molecule has 2 N–H and O–H groups in total. The molecule has 21 heavy (non-hydrogen) atoms. The van der Waals surface area contributed by atoms with E-state index in [1.165, 1.54) is 25.7 Å². The van der Waals surface area contributed by atoms with Crippen molar-refractivity contribution in [2.24, 2.45) is 11.8 Å². The first-order chi connectivity index (χ1) is 10.1. The third-order valence-corrected chi connectivity index (χ3v) is 4.76. The van der Waals surface area contributed by atoms with Crippen molar-refractivity contribution in [3.05, 3.63) is 35.9 Å². The molecular weight excluding hydrogens is 262 g/mol. The summed E-state index contributed by atoms with van der Waals surface area (Å²) < 4.78 is 0. The highest BCUT2D eigenvalue weighted by Crippen LogP contribution is 2.30. The van der Waals surface area contributed by atoms with E-state index in [-0.39, 0.29) is 0 Å². The number of carboxylic acids is 1. The molecular formula is C18H27NO2. The van der Waals surface area contributed by atoms with Gasteiger partial charge in [-0.2, -0.15) is 0 Å². The summed E-state index contributed by atoms with van der Waals surface area (Å²) in [5.41, 5.74) is 0.884. The number of carboxylic acid groups (broad SMARTS) is 1. The van der Waals surface area contributed by atoms with Crippen LogP contribution in [0.1, 0.15) is 51.0 Å². The van der Waals surface area contributed by atoms with Gasteiger partial charge in [-0.1, -0.05) is 57.0 Å². The average Bonchev–Trinajstić information content (AvgIpc) is 2.48. The first kappa shape index (κ1) is 16.0. The average molecular weight is 289 g/mol. The maximum atomic E-state index is 11.5. The topological polar surface area (TPSA) is 49.3 Å². The van der Waals surface area contributed by atoms with Gasteiger partial charge >= 0.3 is 5.97 Å². The van der Waals surface area contributed by atoms with Gasteiger partial charge in [0.05, 0.1) is 5.92 Å². The summed E-state index contributed by atoms with van der Waals surface area (Å²) in [5, 5.41) is 13.0. The van der Waals surface area contributed by atoms with Crippen LogP contribution in [0.4, 0.5) is 0 Å². The van der Waals surface area contributed by atoms with Crippen LogP contribution in [0, 0.1) is 11.8 Å². The van der Waals surface area contributed by atoms with E-state index in [2.05, 4.69) is 19.2 Å². The first-order valence-electron chi connectivity index (χ1n) is 8.10. The molecule has 1 aromatic carbocycles. The Morgan fingerprint density at radius 2 is 1.90 bits per heavy atom. The van der Waals surface area contributed by atoms with Crippen LogP contribution < -0.4 is 5.32 Å². The Bertz CT molecular complexity index is 444. The van der Waals surface area contributed by atoms with Crippen molar-refractivity contribution >= 4 is 5.97 Å². The molecule has 1 aliphatic rings. The molecule has 3 heteroatoms. The fourth-order valence-electron chi connectivity index (χ4n) is 3.51. The van der Waals surface area contributed by atoms with E-state index in [4.69, 9.17) is 0 Å². The van der Waals surface area contributed by atoms with Crippen molar-refractivity contribution in [3.8, 4) is 0 Å². The number of nitrogens with one attached hydrogen (secondary N) is 1. The standard InChI is InChI=1S/C18H27NO2/c1-13(2)15-10-6-7-11-17(15)19-12-16(18(20)21)14-8-4-3-5-9-14/h3-5,8-9,13,15-17,19H,6-7,10-12H2,1-2H3,(H,20,21). The van der Waals surface area contributed by atoms with Crippen LogP contribution >= 0.6 is 0 Å². The molecule has 3 atom stereocenters. The smallest absolute Gasteiger partial charge is 0.312 e. The van der Waals surface area contributed by atoms with Crippen molar-refractivity contribution in [1.82, 2.24) is 5.32 Å². The van der Waals surface area contributed by atoms with Gasteiger partial charge in [-0.15, -0.1) is 0 Å². The lowest BCUT2D eigenvalue weighted by Gasteiger charge is -2.35. The number of hydrogen-bond donors (Lipinski definition) is 2. The number of aliphatic carboxylic acids is 1. The molecule has 1 saturated carbocycles. The lowest BCUT2D eigenvalue weighted by Crippen LogP contribution is -2.43. The maximum absolute atomic E-state index is 11.5. The van der Waals surface area contributed by atoms with E-state index in [0.29, 0.717) is 24.4 Å². The van der Waals surface area contributed by atoms with Gasteiger partial charge in [0.15, 0.2) is 0 Å². The van der Waals surface area contributed by atoms with Gasteiger partial charge in [-0.3, -0.25) is 4.79 Å². The largest absolute Gasteiger partial charge is 0.481 e. The van der Waals surface area contributed by atoms with E-state index in [1.54, 1.807) is 0 Å². The minimum Gasteiger partial charge on any atom is -0.481 e. The van der Waals surface area contributed by atoms with E-state index in [9.17, 15) is 9.90 Å². The van der Waals surface area contributed by atoms with Gasteiger partial charge in [0.2, 0.25) is 0 Å². The third kappa shape index (κ3) is 4.31. The molecule has 0 heterocycles. The van der Waals surface area contributed by atoms with Crippen molar-refractivity contribution in [2.75, 3.05) is 6.54 Å². The summed E-state index contributed by atoms with van der Waals surface area (Å²) in [5.74, 6) is 0.123. The van der Waals surface area contributed by atoms with Crippen LogP contribution in [0.5, 0.6) is 0 Å². The summed E-state index contributed by atoms with van der Waals surface area (Å²) in [7, 11) is 0. The van der Waals surface area contributed by atoms with Crippen LogP contribution in [0.15, 0.2) is 30.3 Å². The number of hydrogen-bond acceptors (Lipinski definition) is 2. The minimum absolute atomic E-state index is 0.457. The van der Waals surface area contributed by atoms with Crippen molar-refractivity contribution in [3.63, 3.8) is 0 Å². The normalized spacial score (nSPS) is 24.0. The molecule has 0 aromatic heterocycles. The fraction of sp³-hybridized carbons (Fsp3) is 0.611. The Kier molecular flexibility index (Phi) is 5.80. The maximum Gasteiger partial charge on any atom is 0.312 e. The Labute approximate surface area is 127 Å². The SMILES string of the molecule is CC(C)C1CCCCC1NCC(C(=O)O)c1ccccc1. The molecule has 1 aliphatic carbocycles. The second kappa shape index (κ2) is 7.60. The monoisotopic (exact) mass is 289 g/mol. The highest BCUT2D eigenvalue weighted by molar-refractivity contribution is 5.76. The molecule has 3 unspecified atom stereocenters. The van der Waals surface area contributed by atoms with E-state index < -0.39 is 11.9 Å². The van der Waals surface area contributed by atoms with Crippen molar-refractivity contribution < 1.29 is 9.90 Å². The van der Waals surface area contributed by atoms with Crippen LogP contribution in [-0.2, 0) is 4.79 Å². The van der Waals surface area contributed by atoms with Crippen molar-refractivity contribution in [2.45, 2.75) is 51.5 Å². The quantitative estimate of drug-likeness (QED) is 0.840. The lowest BCUT2D eigenvalue weighted by molar-refractivity contribution is -0.138. The Balaban J connectivity index is 2.00. The van der Waals surface area contributed by atoms with Crippen LogP contribution in [-0.4, -0.2) is 23.7 Å².